The third-order valence-corrected chi connectivity index (χ3v) is 7.31. The van der Waals surface area contributed by atoms with Crippen LogP contribution in [0.2, 0.25) is 0 Å². The molecule has 0 radical (unpaired) electrons. The van der Waals surface area contributed by atoms with Crippen molar-refractivity contribution in [3.05, 3.63) is 52.1 Å². The lowest BCUT2D eigenvalue weighted by Gasteiger charge is -2.17. The Labute approximate surface area is 170 Å². The average Bonchev–Trinajstić information content (AvgIpc) is 3.29. The molecule has 152 valence electrons. The normalized spacial score (nSPS) is 15.0. The zero-order chi connectivity index (χ0) is 20.8. The second kappa shape index (κ2) is 7.48. The Kier molecular flexibility index (Phi) is 5.14. The first-order chi connectivity index (χ1) is 13.8. The van der Waals surface area contributed by atoms with Crippen LogP contribution < -0.4 is 15.5 Å². The molecule has 2 aromatic rings. The van der Waals surface area contributed by atoms with Crippen LogP contribution in [0.15, 0.2) is 29.2 Å². The fourth-order valence-electron chi connectivity index (χ4n) is 4.49. The molecule has 29 heavy (non-hydrogen) atoms. The van der Waals surface area contributed by atoms with Crippen LogP contribution >= 0.6 is 0 Å². The van der Waals surface area contributed by atoms with Crippen LogP contribution in [0, 0.1) is 6.92 Å². The highest BCUT2D eigenvalue weighted by molar-refractivity contribution is 7.90. The van der Waals surface area contributed by atoms with Crippen LogP contribution in [0.4, 0.5) is 10.5 Å². The summed E-state index contributed by atoms with van der Waals surface area (Å²) in [7, 11) is -5.98. The van der Waals surface area contributed by atoms with E-state index < -0.39 is 23.2 Å². The number of benzene rings is 2. The van der Waals surface area contributed by atoms with Gasteiger partial charge in [0.05, 0.1) is 4.90 Å². The third kappa shape index (κ3) is 3.65. The van der Waals surface area contributed by atoms with Crippen molar-refractivity contribution in [3.8, 4) is 0 Å². The number of rotatable bonds is 4. The summed E-state index contributed by atoms with van der Waals surface area (Å²) >= 11 is 0. The van der Waals surface area contributed by atoms with Gasteiger partial charge in [-0.1, -0.05) is 18.2 Å². The van der Waals surface area contributed by atoms with Crippen LogP contribution in [0.1, 0.15) is 40.7 Å². The molecule has 4 rings (SSSR count). The molecular formula is C20H23BN2O5S. The van der Waals surface area contributed by atoms with Crippen LogP contribution in [-0.2, 0) is 35.7 Å². The maximum atomic E-state index is 12.8. The van der Waals surface area contributed by atoms with E-state index in [0.717, 1.165) is 55.3 Å². The summed E-state index contributed by atoms with van der Waals surface area (Å²) in [5.74, 6) is 0. The van der Waals surface area contributed by atoms with Gasteiger partial charge < -0.3 is 15.4 Å². The zero-order valence-corrected chi connectivity index (χ0v) is 17.0. The molecule has 0 aromatic heterocycles. The number of aryl methyl sites for hydroxylation is 2. The summed E-state index contributed by atoms with van der Waals surface area (Å²) in [6, 6.07) is 5.59. The Hall–Kier alpha value is -2.36. The van der Waals surface area contributed by atoms with Gasteiger partial charge in [-0.15, -0.1) is 0 Å². The molecule has 0 spiro atoms. The number of sulfonamides is 1. The molecule has 0 fully saturated rings. The molecule has 4 N–H and O–H groups in total. The summed E-state index contributed by atoms with van der Waals surface area (Å²) in [6.07, 6.45) is 5.77. The molecule has 9 heteroatoms. The predicted molar refractivity (Wildman–Crippen MR) is 111 cm³/mol. The van der Waals surface area contributed by atoms with E-state index in [0.29, 0.717) is 0 Å². The van der Waals surface area contributed by atoms with Gasteiger partial charge in [0.2, 0.25) is 0 Å². The van der Waals surface area contributed by atoms with Crippen LogP contribution in [0.5, 0.6) is 0 Å². The second-order valence-corrected chi connectivity index (χ2v) is 9.29. The number of fused-ring (bicyclic) bond motifs is 2. The van der Waals surface area contributed by atoms with E-state index >= 15 is 0 Å². The summed E-state index contributed by atoms with van der Waals surface area (Å²) in [4.78, 5) is 12.5. The van der Waals surface area contributed by atoms with Crippen LogP contribution in [0.3, 0.4) is 0 Å². The zero-order valence-electron chi connectivity index (χ0n) is 16.2. The van der Waals surface area contributed by atoms with Crippen molar-refractivity contribution in [1.82, 2.24) is 4.72 Å². The van der Waals surface area contributed by atoms with E-state index in [-0.39, 0.29) is 15.9 Å². The van der Waals surface area contributed by atoms with Crippen molar-refractivity contribution in [1.29, 1.82) is 0 Å². The van der Waals surface area contributed by atoms with Gasteiger partial charge in [-0.05, 0) is 84.8 Å². The first-order valence-electron chi connectivity index (χ1n) is 9.74. The quantitative estimate of drug-likeness (QED) is 0.561. The molecular weight excluding hydrogens is 391 g/mol. The number of urea groups is 1. The number of carbonyl (C=O) groups excluding carboxylic acids is 1. The lowest BCUT2D eigenvalue weighted by Crippen LogP contribution is -2.38. The van der Waals surface area contributed by atoms with Gasteiger partial charge in [0.15, 0.2) is 0 Å². The lowest BCUT2D eigenvalue weighted by atomic mass is 9.77. The van der Waals surface area contributed by atoms with Crippen molar-refractivity contribution in [2.24, 2.45) is 0 Å². The summed E-state index contributed by atoms with van der Waals surface area (Å²) in [5.41, 5.74) is 5.72. The lowest BCUT2D eigenvalue weighted by molar-refractivity contribution is 0.256. The van der Waals surface area contributed by atoms with Gasteiger partial charge in [0.1, 0.15) is 0 Å². The molecule has 0 saturated heterocycles. The Morgan fingerprint density at radius 1 is 1.03 bits per heavy atom. The van der Waals surface area contributed by atoms with E-state index in [1.54, 1.807) is 0 Å². The Morgan fingerprint density at radius 3 is 2.24 bits per heavy atom. The maximum absolute atomic E-state index is 12.8. The average molecular weight is 414 g/mol. The monoisotopic (exact) mass is 414 g/mol. The molecule has 0 unspecified atom stereocenters. The van der Waals surface area contributed by atoms with Crippen molar-refractivity contribution in [3.63, 3.8) is 0 Å². The highest BCUT2D eigenvalue weighted by atomic mass is 32.2. The fraction of sp³-hybridized carbons (Fsp3) is 0.350. The smallest absolute Gasteiger partial charge is 0.423 e. The predicted octanol–water partition coefficient (Wildman–Crippen LogP) is 1.16. The molecule has 0 bridgehead atoms. The number of amides is 2. The Balaban J connectivity index is 1.61. The number of hydrogen-bond donors (Lipinski definition) is 4. The van der Waals surface area contributed by atoms with Gasteiger partial charge in [0.25, 0.3) is 10.0 Å². The molecule has 2 aromatic carbocycles. The van der Waals surface area contributed by atoms with E-state index in [2.05, 4.69) is 16.1 Å². The van der Waals surface area contributed by atoms with Gasteiger partial charge >= 0.3 is 13.1 Å². The fourth-order valence-corrected chi connectivity index (χ4v) is 5.67. The van der Waals surface area contributed by atoms with Crippen LogP contribution in [-0.4, -0.2) is 31.6 Å². The molecule has 7 nitrogen and oxygen atoms in total. The van der Waals surface area contributed by atoms with E-state index in [4.69, 9.17) is 0 Å². The largest absolute Gasteiger partial charge is 0.488 e. The highest BCUT2D eigenvalue weighted by Gasteiger charge is 2.28. The number of anilines is 1. The Morgan fingerprint density at radius 2 is 1.66 bits per heavy atom. The van der Waals surface area contributed by atoms with E-state index in [1.165, 1.54) is 36.2 Å². The minimum Gasteiger partial charge on any atom is -0.423 e. The number of carbonyl (C=O) groups is 1. The number of hydrogen-bond acceptors (Lipinski definition) is 5. The molecule has 0 heterocycles. The molecule has 0 aliphatic heterocycles. The molecule has 0 saturated carbocycles. The SMILES string of the molecule is Cc1c(B(O)O)cccc1S(=O)(=O)NC(=O)Nc1c2c(cc3c1CCC3)CCC2. The summed E-state index contributed by atoms with van der Waals surface area (Å²) < 4.78 is 27.6. The topological polar surface area (TPSA) is 116 Å². The van der Waals surface area contributed by atoms with E-state index in [1.807, 2.05) is 0 Å². The number of nitrogens with one attached hydrogen (secondary N) is 2. The van der Waals surface area contributed by atoms with Crippen molar-refractivity contribution in [2.45, 2.75) is 50.3 Å². The van der Waals surface area contributed by atoms with Gasteiger partial charge in [-0.2, -0.15) is 0 Å². The summed E-state index contributed by atoms with van der Waals surface area (Å²) in [5, 5.41) is 21.6. The van der Waals surface area contributed by atoms with Gasteiger partial charge in [-0.25, -0.2) is 17.9 Å². The Bertz CT molecular complexity index is 1070. The highest BCUT2D eigenvalue weighted by Crippen LogP contribution is 2.38. The van der Waals surface area contributed by atoms with Crippen LogP contribution in [0.25, 0.3) is 0 Å². The second-order valence-electron chi connectivity index (χ2n) is 7.64. The van der Waals surface area contributed by atoms with E-state index in [9.17, 15) is 23.3 Å². The standard InChI is InChI=1S/C20H23BN2O5S/c1-12-17(21(25)26)9-4-10-18(12)29(27,28)23-20(24)22-19-15-7-2-5-13(15)11-14-6-3-8-16(14)19/h4,9-11,25-26H,2-3,5-8H2,1H3,(H2,22,23,24). The minimum absolute atomic E-state index is 0.0759. The van der Waals surface area contributed by atoms with Gasteiger partial charge in [-0.3, -0.25) is 0 Å². The molecule has 2 aliphatic rings. The first kappa shape index (κ1) is 19.9. The first-order valence-corrected chi connectivity index (χ1v) is 11.2. The summed E-state index contributed by atoms with van der Waals surface area (Å²) in [6.45, 7) is 1.47. The van der Waals surface area contributed by atoms with Crippen molar-refractivity contribution < 1.29 is 23.3 Å². The molecule has 2 aliphatic carbocycles. The van der Waals surface area contributed by atoms with Gasteiger partial charge in [0, 0.05) is 5.69 Å². The minimum atomic E-state index is -4.18. The molecule has 2 amide bonds. The molecule has 0 atom stereocenters. The van der Waals surface area contributed by atoms with Crippen molar-refractivity contribution in [2.75, 3.05) is 5.32 Å². The maximum Gasteiger partial charge on any atom is 0.488 e. The van der Waals surface area contributed by atoms with Crippen molar-refractivity contribution >= 4 is 34.3 Å². The third-order valence-electron chi connectivity index (χ3n) is 5.83.